The highest BCUT2D eigenvalue weighted by Crippen LogP contribution is 2.23. The van der Waals surface area contributed by atoms with Gasteiger partial charge < -0.3 is 5.32 Å². The van der Waals surface area contributed by atoms with E-state index in [9.17, 15) is 8.42 Å². The summed E-state index contributed by atoms with van der Waals surface area (Å²) in [5.41, 5.74) is 0. The lowest BCUT2D eigenvalue weighted by Gasteiger charge is -2.06. The normalized spacial score (nSPS) is 11.4. The van der Waals surface area contributed by atoms with Crippen LogP contribution in [0.4, 0.5) is 5.95 Å². The van der Waals surface area contributed by atoms with Crippen LogP contribution >= 0.6 is 11.3 Å². The average Bonchev–Trinajstić information content (AvgIpc) is 2.79. The maximum absolute atomic E-state index is 12.1. The van der Waals surface area contributed by atoms with Crippen molar-refractivity contribution >= 4 is 27.3 Å². The molecule has 18 heavy (non-hydrogen) atoms. The number of aromatic nitrogens is 3. The summed E-state index contributed by atoms with van der Waals surface area (Å²) >= 11 is 1.37. The Balaban J connectivity index is 2.28. The highest BCUT2D eigenvalue weighted by Gasteiger charge is 2.20. The van der Waals surface area contributed by atoms with Gasteiger partial charge in [-0.05, 0) is 18.5 Å². The molecule has 2 aromatic heterocycles. The third-order valence-electron chi connectivity index (χ3n) is 2.04. The first-order valence-electron chi connectivity index (χ1n) is 5.01. The molecule has 2 aromatic rings. The van der Waals surface area contributed by atoms with E-state index in [-0.39, 0.29) is 10.8 Å². The molecule has 0 amide bonds. The third-order valence-corrected chi connectivity index (χ3v) is 4.50. The summed E-state index contributed by atoms with van der Waals surface area (Å²) in [6, 6.07) is 1.55. The first kappa shape index (κ1) is 12.9. The largest absolute Gasteiger partial charge is 0.315 e. The van der Waals surface area contributed by atoms with E-state index in [1.807, 2.05) is 0 Å². The monoisotopic (exact) mass is 285 g/mol. The lowest BCUT2D eigenvalue weighted by atomic mass is 10.5. The van der Waals surface area contributed by atoms with Crippen LogP contribution in [0.5, 0.6) is 0 Å². The van der Waals surface area contributed by atoms with Gasteiger partial charge in [-0.25, -0.2) is 18.1 Å². The molecule has 0 saturated heterocycles. The van der Waals surface area contributed by atoms with Crippen LogP contribution in [0.15, 0.2) is 28.7 Å². The van der Waals surface area contributed by atoms with Crippen LogP contribution in [0.1, 0.15) is 4.88 Å². The Kier molecular flexibility index (Phi) is 3.84. The maximum Gasteiger partial charge on any atom is 0.265 e. The number of nitrogens with one attached hydrogen (secondary N) is 2. The van der Waals surface area contributed by atoms with Gasteiger partial charge in [0.15, 0.2) is 0 Å². The zero-order valence-corrected chi connectivity index (χ0v) is 11.1. The average molecular weight is 285 g/mol. The van der Waals surface area contributed by atoms with Crippen molar-refractivity contribution in [2.75, 3.05) is 11.8 Å². The number of rotatable bonds is 5. The van der Waals surface area contributed by atoms with Crippen molar-refractivity contribution in [1.82, 2.24) is 20.5 Å². The van der Waals surface area contributed by atoms with E-state index < -0.39 is 10.0 Å². The van der Waals surface area contributed by atoms with E-state index in [4.69, 9.17) is 0 Å². The van der Waals surface area contributed by atoms with Gasteiger partial charge in [0, 0.05) is 11.4 Å². The zero-order chi connectivity index (χ0) is 13.0. The summed E-state index contributed by atoms with van der Waals surface area (Å²) in [5.74, 6) is -0.0425. The minimum absolute atomic E-state index is 0.0425. The number of sulfonamides is 1. The highest BCUT2D eigenvalue weighted by atomic mass is 32.2. The Bertz CT molecular complexity index is 611. The minimum Gasteiger partial charge on any atom is -0.315 e. The fourth-order valence-corrected chi connectivity index (χ4v) is 3.73. The molecule has 0 aromatic carbocycles. The van der Waals surface area contributed by atoms with Crippen molar-refractivity contribution in [3.63, 3.8) is 0 Å². The summed E-state index contributed by atoms with van der Waals surface area (Å²) in [7, 11) is -1.91. The van der Waals surface area contributed by atoms with Crippen LogP contribution in [-0.2, 0) is 16.6 Å². The molecule has 0 aliphatic rings. The molecule has 0 unspecified atom stereocenters. The van der Waals surface area contributed by atoms with Crippen LogP contribution in [0.25, 0.3) is 0 Å². The molecule has 2 heterocycles. The summed E-state index contributed by atoms with van der Waals surface area (Å²) in [5, 5.41) is 11.8. The van der Waals surface area contributed by atoms with Crippen LogP contribution < -0.4 is 10.0 Å². The Morgan fingerprint density at radius 3 is 2.89 bits per heavy atom. The predicted octanol–water partition coefficient (Wildman–Crippen LogP) is 0.453. The summed E-state index contributed by atoms with van der Waals surface area (Å²) in [6.45, 7) is 0.488. The van der Waals surface area contributed by atoms with Gasteiger partial charge in [-0.15, -0.1) is 16.4 Å². The molecule has 96 valence electrons. The van der Waals surface area contributed by atoms with Gasteiger partial charge >= 0.3 is 0 Å². The first-order chi connectivity index (χ1) is 8.63. The molecule has 2 rings (SSSR count). The predicted molar refractivity (Wildman–Crippen MR) is 67.7 cm³/mol. The standard InChI is InChI=1S/C9H11N5O2S2/c1-10-6-7-8(2-5-17-7)18(15,16)14-9-11-3-4-12-13-9/h2-5,10H,6H2,1H3,(H,11,13,14). The molecule has 0 spiro atoms. The molecule has 0 saturated carbocycles. The molecule has 0 radical (unpaired) electrons. The van der Waals surface area contributed by atoms with Gasteiger partial charge in [0.1, 0.15) is 4.90 Å². The van der Waals surface area contributed by atoms with Gasteiger partial charge in [-0.3, -0.25) is 0 Å². The number of nitrogens with zero attached hydrogens (tertiary/aromatic N) is 3. The second-order valence-electron chi connectivity index (χ2n) is 3.31. The molecule has 0 aliphatic heterocycles. The van der Waals surface area contributed by atoms with Crippen LogP contribution in [0.2, 0.25) is 0 Å². The second kappa shape index (κ2) is 5.38. The third kappa shape index (κ3) is 2.81. The van der Waals surface area contributed by atoms with Crippen LogP contribution in [-0.4, -0.2) is 30.6 Å². The van der Waals surface area contributed by atoms with Crippen molar-refractivity contribution in [3.8, 4) is 0 Å². The molecule has 0 aliphatic carbocycles. The number of anilines is 1. The fourth-order valence-electron chi connectivity index (χ4n) is 1.33. The van der Waals surface area contributed by atoms with Crippen molar-refractivity contribution in [3.05, 3.63) is 28.7 Å². The zero-order valence-electron chi connectivity index (χ0n) is 9.49. The quantitative estimate of drug-likeness (QED) is 0.828. The van der Waals surface area contributed by atoms with Crippen LogP contribution in [0.3, 0.4) is 0 Å². The summed E-state index contributed by atoms with van der Waals surface area (Å²) in [6.07, 6.45) is 2.74. The first-order valence-corrected chi connectivity index (χ1v) is 7.37. The van der Waals surface area contributed by atoms with Crippen molar-refractivity contribution in [1.29, 1.82) is 0 Å². The van der Waals surface area contributed by atoms with Crippen molar-refractivity contribution in [2.45, 2.75) is 11.4 Å². The highest BCUT2D eigenvalue weighted by molar-refractivity contribution is 7.92. The Hall–Kier alpha value is -1.58. The Morgan fingerprint density at radius 1 is 1.39 bits per heavy atom. The SMILES string of the molecule is CNCc1sccc1S(=O)(=O)Nc1nccnn1. The molecule has 2 N–H and O–H groups in total. The summed E-state index contributed by atoms with van der Waals surface area (Å²) < 4.78 is 26.5. The molecule has 0 bridgehead atoms. The van der Waals surface area contributed by atoms with Gasteiger partial charge in [-0.2, -0.15) is 5.10 Å². The second-order valence-corrected chi connectivity index (χ2v) is 5.96. The van der Waals surface area contributed by atoms with Gasteiger partial charge in [0.05, 0.1) is 12.4 Å². The van der Waals surface area contributed by atoms with Gasteiger partial charge in [0.2, 0.25) is 0 Å². The number of hydrogen-bond donors (Lipinski definition) is 2. The maximum atomic E-state index is 12.1. The van der Waals surface area contributed by atoms with Crippen molar-refractivity contribution < 1.29 is 8.42 Å². The molecule has 0 atom stereocenters. The Morgan fingerprint density at radius 2 is 2.22 bits per heavy atom. The number of thiophene rings is 1. The molecular weight excluding hydrogens is 274 g/mol. The molecule has 9 heteroatoms. The van der Waals surface area contributed by atoms with E-state index in [1.165, 1.54) is 23.7 Å². The smallest absolute Gasteiger partial charge is 0.265 e. The van der Waals surface area contributed by atoms with E-state index in [0.29, 0.717) is 6.54 Å². The van der Waals surface area contributed by atoms with E-state index >= 15 is 0 Å². The van der Waals surface area contributed by atoms with E-state index in [0.717, 1.165) is 4.88 Å². The topological polar surface area (TPSA) is 96.9 Å². The molecule has 0 fully saturated rings. The minimum atomic E-state index is -3.67. The van der Waals surface area contributed by atoms with Crippen molar-refractivity contribution in [2.24, 2.45) is 0 Å². The van der Waals surface area contributed by atoms with Crippen LogP contribution in [0, 0.1) is 0 Å². The summed E-state index contributed by atoms with van der Waals surface area (Å²) in [4.78, 5) is 4.73. The lowest BCUT2D eigenvalue weighted by Crippen LogP contribution is -2.17. The Labute approximate surface area is 108 Å². The number of hydrogen-bond acceptors (Lipinski definition) is 7. The van der Waals surface area contributed by atoms with Gasteiger partial charge in [-0.1, -0.05) is 0 Å². The molecular formula is C9H11N5O2S2. The van der Waals surface area contributed by atoms with E-state index in [2.05, 4.69) is 25.2 Å². The van der Waals surface area contributed by atoms with E-state index in [1.54, 1.807) is 18.5 Å². The lowest BCUT2D eigenvalue weighted by molar-refractivity contribution is 0.599. The molecule has 7 nitrogen and oxygen atoms in total. The van der Waals surface area contributed by atoms with Gasteiger partial charge in [0.25, 0.3) is 16.0 Å². The fraction of sp³-hybridized carbons (Fsp3) is 0.222.